The average Bonchev–Trinajstić information content (AvgIpc) is 2.59. The van der Waals surface area contributed by atoms with Crippen LogP contribution >= 0.6 is 12.4 Å². The molecule has 0 spiro atoms. The number of rotatable bonds is 4. The number of carbonyl (C=O) groups is 1. The summed E-state index contributed by atoms with van der Waals surface area (Å²) >= 11 is 0. The molecule has 0 radical (unpaired) electrons. The molecule has 0 bridgehead atoms. The van der Waals surface area contributed by atoms with Crippen molar-refractivity contribution >= 4 is 18.3 Å². The lowest BCUT2D eigenvalue weighted by molar-refractivity contribution is -0.143. The fourth-order valence-corrected chi connectivity index (χ4v) is 4.23. The molecule has 1 fully saturated rings. The molecule has 4 heteroatoms. The number of nitrogens with zero attached hydrogens (tertiary/aromatic N) is 1. The van der Waals surface area contributed by atoms with E-state index in [1.165, 1.54) is 30.4 Å². The summed E-state index contributed by atoms with van der Waals surface area (Å²) in [5, 5.41) is 3.24. The lowest BCUT2D eigenvalue weighted by Crippen LogP contribution is -2.48. The van der Waals surface area contributed by atoms with Crippen molar-refractivity contribution in [3.63, 3.8) is 0 Å². The van der Waals surface area contributed by atoms with Gasteiger partial charge in [-0.15, -0.1) is 12.4 Å². The Hall–Kier alpha value is -1.06. The first-order valence-electron chi connectivity index (χ1n) is 9.13. The first kappa shape index (κ1) is 19.3. The number of nitrogens with one attached hydrogen (secondary N) is 1. The second-order valence-corrected chi connectivity index (χ2v) is 7.63. The van der Waals surface area contributed by atoms with Gasteiger partial charge in [-0.25, -0.2) is 0 Å². The molecular formula is C20H31ClN2O. The van der Waals surface area contributed by atoms with Crippen LogP contribution in [0.2, 0.25) is 0 Å². The molecule has 1 N–H and O–H groups in total. The summed E-state index contributed by atoms with van der Waals surface area (Å²) in [7, 11) is 2.01. The molecule has 0 saturated carbocycles. The molecule has 24 heavy (non-hydrogen) atoms. The molecule has 2 aliphatic rings. The van der Waals surface area contributed by atoms with Gasteiger partial charge in [0.25, 0.3) is 0 Å². The van der Waals surface area contributed by atoms with Gasteiger partial charge in [0.2, 0.25) is 5.91 Å². The maximum absolute atomic E-state index is 13.1. The molecule has 0 aromatic heterocycles. The molecular weight excluding hydrogens is 320 g/mol. The van der Waals surface area contributed by atoms with Crippen molar-refractivity contribution in [3.8, 4) is 0 Å². The molecule has 3 nitrogen and oxygen atoms in total. The average molecular weight is 351 g/mol. The van der Waals surface area contributed by atoms with Gasteiger partial charge >= 0.3 is 0 Å². The SMILES string of the molecule is CNCCC1CCN(C(=O)C2(C)CCc3ccccc3C2)CC1.Cl. The van der Waals surface area contributed by atoms with Gasteiger partial charge in [0.15, 0.2) is 0 Å². The van der Waals surface area contributed by atoms with Crippen LogP contribution in [0.1, 0.15) is 43.7 Å². The van der Waals surface area contributed by atoms with Crippen LogP contribution in [0, 0.1) is 11.3 Å². The summed E-state index contributed by atoms with van der Waals surface area (Å²) in [5.41, 5.74) is 2.61. The van der Waals surface area contributed by atoms with Crippen LogP contribution in [0.3, 0.4) is 0 Å². The monoisotopic (exact) mass is 350 g/mol. The maximum Gasteiger partial charge on any atom is 0.228 e. The van der Waals surface area contributed by atoms with E-state index >= 15 is 0 Å². The largest absolute Gasteiger partial charge is 0.342 e. The Balaban J connectivity index is 0.00000208. The third kappa shape index (κ3) is 4.12. The number of hydrogen-bond acceptors (Lipinski definition) is 2. The lowest BCUT2D eigenvalue weighted by Gasteiger charge is -2.40. The van der Waals surface area contributed by atoms with Crippen LogP contribution in [-0.4, -0.2) is 37.5 Å². The van der Waals surface area contributed by atoms with Gasteiger partial charge in [0.1, 0.15) is 0 Å². The molecule has 1 aliphatic heterocycles. The number of halogens is 1. The molecule has 1 unspecified atom stereocenters. The Morgan fingerprint density at radius 3 is 2.58 bits per heavy atom. The number of fused-ring (bicyclic) bond motifs is 1. The van der Waals surface area contributed by atoms with Crippen molar-refractivity contribution < 1.29 is 4.79 Å². The molecule has 1 amide bonds. The van der Waals surface area contributed by atoms with E-state index in [9.17, 15) is 4.79 Å². The Morgan fingerprint density at radius 2 is 1.92 bits per heavy atom. The molecule has 1 atom stereocenters. The highest BCUT2D eigenvalue weighted by Crippen LogP contribution is 2.37. The number of benzene rings is 1. The standard InChI is InChI=1S/C20H30N2O.ClH/c1-20(11-7-17-5-3-4-6-18(17)15-20)19(23)22-13-9-16(10-14-22)8-12-21-2;/h3-6,16,21H,7-15H2,1-2H3;1H. The molecule has 1 heterocycles. The third-order valence-electron chi connectivity index (χ3n) is 5.87. The van der Waals surface area contributed by atoms with Gasteiger partial charge in [0.05, 0.1) is 5.41 Å². The van der Waals surface area contributed by atoms with E-state index in [0.717, 1.165) is 44.8 Å². The lowest BCUT2D eigenvalue weighted by atomic mass is 9.71. The molecule has 3 rings (SSSR count). The van der Waals surface area contributed by atoms with Gasteiger partial charge in [-0.05, 0) is 69.2 Å². The Bertz CT molecular complexity index is 554. The topological polar surface area (TPSA) is 32.3 Å². The van der Waals surface area contributed by atoms with Gasteiger partial charge in [0, 0.05) is 13.1 Å². The Labute approximate surface area is 152 Å². The summed E-state index contributed by atoms with van der Waals surface area (Å²) in [5.74, 6) is 1.17. The second-order valence-electron chi connectivity index (χ2n) is 7.63. The molecule has 134 valence electrons. The summed E-state index contributed by atoms with van der Waals surface area (Å²) in [6.07, 6.45) is 6.50. The van der Waals surface area contributed by atoms with Gasteiger partial charge in [-0.1, -0.05) is 31.2 Å². The number of carbonyl (C=O) groups excluding carboxylic acids is 1. The highest BCUT2D eigenvalue weighted by molar-refractivity contribution is 5.85. The van der Waals surface area contributed by atoms with Crippen LogP contribution in [0.25, 0.3) is 0 Å². The van der Waals surface area contributed by atoms with Crippen LogP contribution in [0.4, 0.5) is 0 Å². The van der Waals surface area contributed by atoms with E-state index in [2.05, 4.69) is 41.4 Å². The van der Waals surface area contributed by atoms with Crippen molar-refractivity contribution in [2.45, 2.75) is 45.4 Å². The minimum atomic E-state index is -0.202. The van der Waals surface area contributed by atoms with Crippen LogP contribution in [0.5, 0.6) is 0 Å². The molecule has 1 aliphatic carbocycles. The van der Waals surface area contributed by atoms with Gasteiger partial charge < -0.3 is 10.2 Å². The molecule has 1 aromatic rings. The highest BCUT2D eigenvalue weighted by atomic mass is 35.5. The minimum absolute atomic E-state index is 0. The molecule has 1 saturated heterocycles. The van der Waals surface area contributed by atoms with Crippen LogP contribution in [0.15, 0.2) is 24.3 Å². The van der Waals surface area contributed by atoms with Crippen LogP contribution in [-0.2, 0) is 17.6 Å². The number of likely N-dealkylation sites (tertiary alicyclic amines) is 1. The van der Waals surface area contributed by atoms with Gasteiger partial charge in [-0.3, -0.25) is 4.79 Å². The first-order chi connectivity index (χ1) is 11.1. The zero-order valence-electron chi connectivity index (χ0n) is 15.0. The summed E-state index contributed by atoms with van der Waals surface area (Å²) < 4.78 is 0. The first-order valence-corrected chi connectivity index (χ1v) is 9.13. The zero-order valence-corrected chi connectivity index (χ0v) is 15.8. The van der Waals surface area contributed by atoms with Crippen molar-refractivity contribution in [3.05, 3.63) is 35.4 Å². The smallest absolute Gasteiger partial charge is 0.228 e. The number of aryl methyl sites for hydroxylation is 1. The van der Waals surface area contributed by atoms with Crippen LogP contribution < -0.4 is 5.32 Å². The number of piperidine rings is 1. The normalized spacial score (nSPS) is 24.2. The number of hydrogen-bond donors (Lipinski definition) is 1. The Kier molecular flexibility index (Phi) is 6.70. The highest BCUT2D eigenvalue weighted by Gasteiger charge is 2.40. The zero-order chi connectivity index (χ0) is 16.3. The van der Waals surface area contributed by atoms with Crippen molar-refractivity contribution in [1.82, 2.24) is 10.2 Å². The quantitative estimate of drug-likeness (QED) is 0.902. The predicted molar refractivity (Wildman–Crippen MR) is 102 cm³/mol. The Morgan fingerprint density at radius 1 is 1.25 bits per heavy atom. The van der Waals surface area contributed by atoms with Crippen molar-refractivity contribution in [2.24, 2.45) is 11.3 Å². The summed E-state index contributed by atoms with van der Waals surface area (Å²) in [6.45, 7) is 5.17. The molecule has 1 aromatic carbocycles. The fourth-order valence-electron chi connectivity index (χ4n) is 4.23. The van der Waals surface area contributed by atoms with Crippen molar-refractivity contribution in [1.29, 1.82) is 0 Å². The summed E-state index contributed by atoms with van der Waals surface area (Å²) in [4.78, 5) is 15.3. The predicted octanol–water partition coefficient (Wildman–Crippen LogP) is 3.45. The van der Waals surface area contributed by atoms with Gasteiger partial charge in [-0.2, -0.15) is 0 Å². The van der Waals surface area contributed by atoms with E-state index in [4.69, 9.17) is 0 Å². The van der Waals surface area contributed by atoms with E-state index < -0.39 is 0 Å². The van der Waals surface area contributed by atoms with Crippen molar-refractivity contribution in [2.75, 3.05) is 26.7 Å². The fraction of sp³-hybridized carbons (Fsp3) is 0.650. The van der Waals surface area contributed by atoms with E-state index in [0.29, 0.717) is 5.91 Å². The second kappa shape index (κ2) is 8.35. The summed E-state index contributed by atoms with van der Waals surface area (Å²) in [6, 6.07) is 8.62. The van der Waals surface area contributed by atoms with E-state index in [1.807, 2.05) is 7.05 Å². The number of amides is 1. The third-order valence-corrected chi connectivity index (χ3v) is 5.87. The van der Waals surface area contributed by atoms with E-state index in [1.54, 1.807) is 0 Å². The van der Waals surface area contributed by atoms with E-state index in [-0.39, 0.29) is 17.8 Å². The minimum Gasteiger partial charge on any atom is -0.342 e. The maximum atomic E-state index is 13.1.